The van der Waals surface area contributed by atoms with Gasteiger partial charge in [-0.2, -0.15) is 0 Å². The highest BCUT2D eigenvalue weighted by Gasteiger charge is 2.46. The van der Waals surface area contributed by atoms with Crippen LogP contribution in [0.5, 0.6) is 5.75 Å². The summed E-state index contributed by atoms with van der Waals surface area (Å²) in [5, 5.41) is 0. The molecular weight excluding hydrogens is 348 g/mol. The van der Waals surface area contributed by atoms with E-state index in [0.29, 0.717) is 25.2 Å². The fraction of sp³-hybridized carbons (Fsp3) is 0.529. The molecule has 0 unspecified atom stereocenters. The maximum atomic E-state index is 12.5. The molecule has 22 heavy (non-hydrogen) atoms. The predicted octanol–water partition coefficient (Wildman–Crippen LogP) is 4.36. The second kappa shape index (κ2) is 8.32. The van der Waals surface area contributed by atoms with Crippen LogP contribution in [0.25, 0.3) is 0 Å². The average Bonchev–Trinajstić information content (AvgIpc) is 2.49. The third kappa shape index (κ3) is 4.57. The van der Waals surface area contributed by atoms with Gasteiger partial charge in [0.15, 0.2) is 5.41 Å². The van der Waals surface area contributed by atoms with Crippen molar-refractivity contribution in [2.24, 2.45) is 11.3 Å². The number of rotatable bonds is 7. The average molecular weight is 371 g/mol. The van der Waals surface area contributed by atoms with Crippen LogP contribution >= 0.6 is 15.9 Å². The Hall–Kier alpha value is -1.36. The second-order valence-electron chi connectivity index (χ2n) is 5.62. The molecule has 0 aliphatic rings. The molecular formula is C17H23BrO4. The molecule has 0 atom stereocenters. The van der Waals surface area contributed by atoms with E-state index in [0.717, 1.165) is 4.47 Å². The molecule has 1 aromatic carbocycles. The number of benzene rings is 1. The summed E-state index contributed by atoms with van der Waals surface area (Å²) in [4.78, 5) is 24.9. The van der Waals surface area contributed by atoms with Gasteiger partial charge in [-0.1, -0.05) is 43.6 Å². The Kier molecular flexibility index (Phi) is 7.07. The van der Waals surface area contributed by atoms with Crippen molar-refractivity contribution in [1.82, 2.24) is 0 Å². The second-order valence-corrected chi connectivity index (χ2v) is 6.54. The Morgan fingerprint density at radius 3 is 2.09 bits per heavy atom. The van der Waals surface area contributed by atoms with Gasteiger partial charge in [-0.15, -0.1) is 0 Å². The largest absolute Gasteiger partial charge is 0.465 e. The van der Waals surface area contributed by atoms with Gasteiger partial charge in [0.1, 0.15) is 5.75 Å². The summed E-state index contributed by atoms with van der Waals surface area (Å²) in [6.45, 7) is 7.79. The van der Waals surface area contributed by atoms with Crippen LogP contribution in [0.4, 0.5) is 0 Å². The number of carbonyl (C=O) groups excluding carboxylic acids is 2. The number of hydrogen-bond acceptors (Lipinski definition) is 4. The SMILES string of the molecule is CCC(CC)(C(=O)OCC(C)C)C(=O)Oc1ccc(Br)cc1. The van der Waals surface area contributed by atoms with E-state index in [1.165, 1.54) is 0 Å². The molecule has 1 aromatic rings. The molecule has 0 aromatic heterocycles. The Bertz CT molecular complexity index is 504. The molecule has 0 saturated carbocycles. The van der Waals surface area contributed by atoms with Crippen LogP contribution in [0.3, 0.4) is 0 Å². The van der Waals surface area contributed by atoms with E-state index in [-0.39, 0.29) is 5.92 Å². The van der Waals surface area contributed by atoms with Crippen LogP contribution in [0.1, 0.15) is 40.5 Å². The van der Waals surface area contributed by atoms with Crippen LogP contribution in [0.2, 0.25) is 0 Å². The standard InChI is InChI=1S/C17H23BrO4/c1-5-17(6-2,15(19)21-11-12(3)4)16(20)22-14-9-7-13(18)8-10-14/h7-10,12H,5-6,11H2,1-4H3. The topological polar surface area (TPSA) is 52.6 Å². The van der Waals surface area contributed by atoms with Crippen molar-refractivity contribution >= 4 is 27.9 Å². The van der Waals surface area contributed by atoms with Crippen molar-refractivity contribution < 1.29 is 19.1 Å². The van der Waals surface area contributed by atoms with Gasteiger partial charge in [-0.25, -0.2) is 0 Å². The third-order valence-electron chi connectivity index (χ3n) is 3.56. The molecule has 0 aliphatic heterocycles. The number of halogens is 1. The molecule has 0 spiro atoms. The fourth-order valence-corrected chi connectivity index (χ4v) is 2.26. The summed E-state index contributed by atoms with van der Waals surface area (Å²) in [5.41, 5.74) is -1.25. The molecule has 0 aliphatic carbocycles. The van der Waals surface area contributed by atoms with Crippen LogP contribution in [-0.4, -0.2) is 18.5 Å². The lowest BCUT2D eigenvalue weighted by Gasteiger charge is -2.27. The normalized spacial score (nSPS) is 11.4. The summed E-state index contributed by atoms with van der Waals surface area (Å²) >= 11 is 3.32. The minimum Gasteiger partial charge on any atom is -0.465 e. The number of esters is 2. The molecule has 0 radical (unpaired) electrons. The van der Waals surface area contributed by atoms with Crippen molar-refractivity contribution in [2.75, 3.05) is 6.61 Å². The Morgan fingerprint density at radius 1 is 1.09 bits per heavy atom. The first-order valence-electron chi connectivity index (χ1n) is 7.50. The molecule has 0 fully saturated rings. The smallest absolute Gasteiger partial charge is 0.328 e. The van der Waals surface area contributed by atoms with Crippen molar-refractivity contribution in [3.8, 4) is 5.75 Å². The molecule has 4 nitrogen and oxygen atoms in total. The van der Waals surface area contributed by atoms with Crippen molar-refractivity contribution in [3.05, 3.63) is 28.7 Å². The van der Waals surface area contributed by atoms with E-state index in [4.69, 9.17) is 9.47 Å². The van der Waals surface area contributed by atoms with Crippen LogP contribution in [0, 0.1) is 11.3 Å². The minimum absolute atomic E-state index is 0.220. The monoisotopic (exact) mass is 370 g/mol. The van der Waals surface area contributed by atoms with Crippen molar-refractivity contribution in [3.63, 3.8) is 0 Å². The van der Waals surface area contributed by atoms with Gasteiger partial charge in [0.05, 0.1) is 6.61 Å². The number of ether oxygens (including phenoxy) is 2. The lowest BCUT2D eigenvalue weighted by Crippen LogP contribution is -2.42. The molecule has 5 heteroatoms. The van der Waals surface area contributed by atoms with E-state index >= 15 is 0 Å². The highest BCUT2D eigenvalue weighted by molar-refractivity contribution is 9.10. The van der Waals surface area contributed by atoms with Gasteiger partial charge in [0.25, 0.3) is 0 Å². The summed E-state index contributed by atoms with van der Waals surface area (Å²) in [5.74, 6) is -0.434. The zero-order valence-corrected chi connectivity index (χ0v) is 15.1. The van der Waals surface area contributed by atoms with E-state index in [9.17, 15) is 9.59 Å². The molecule has 0 bridgehead atoms. The Morgan fingerprint density at radius 2 is 1.64 bits per heavy atom. The highest BCUT2D eigenvalue weighted by Crippen LogP contribution is 2.31. The molecule has 1 rings (SSSR count). The van der Waals surface area contributed by atoms with Gasteiger partial charge < -0.3 is 9.47 Å². The molecule has 0 heterocycles. The van der Waals surface area contributed by atoms with Gasteiger partial charge in [0, 0.05) is 4.47 Å². The van der Waals surface area contributed by atoms with Gasteiger partial charge in [-0.05, 0) is 43.0 Å². The first kappa shape index (κ1) is 18.7. The minimum atomic E-state index is -1.25. The van der Waals surface area contributed by atoms with E-state index < -0.39 is 17.4 Å². The van der Waals surface area contributed by atoms with Gasteiger partial charge in [0.2, 0.25) is 0 Å². The molecule has 122 valence electrons. The van der Waals surface area contributed by atoms with Crippen molar-refractivity contribution in [2.45, 2.75) is 40.5 Å². The Labute approximate surface area is 140 Å². The van der Waals surface area contributed by atoms with Gasteiger partial charge >= 0.3 is 11.9 Å². The Balaban J connectivity index is 2.89. The summed E-state index contributed by atoms with van der Waals surface area (Å²) in [6, 6.07) is 6.91. The first-order chi connectivity index (χ1) is 10.4. The third-order valence-corrected chi connectivity index (χ3v) is 4.09. The summed E-state index contributed by atoms with van der Waals surface area (Å²) < 4.78 is 11.6. The zero-order chi connectivity index (χ0) is 16.8. The lowest BCUT2D eigenvalue weighted by atomic mass is 9.82. The van der Waals surface area contributed by atoms with Crippen LogP contribution in [-0.2, 0) is 14.3 Å². The quantitative estimate of drug-likeness (QED) is 0.406. The van der Waals surface area contributed by atoms with Crippen molar-refractivity contribution in [1.29, 1.82) is 0 Å². The van der Waals surface area contributed by atoms with Gasteiger partial charge in [-0.3, -0.25) is 9.59 Å². The molecule has 0 saturated heterocycles. The molecule has 0 N–H and O–H groups in total. The van der Waals surface area contributed by atoms with Crippen LogP contribution < -0.4 is 4.74 Å². The fourth-order valence-electron chi connectivity index (χ4n) is 2.00. The lowest BCUT2D eigenvalue weighted by molar-refractivity contribution is -0.168. The van der Waals surface area contributed by atoms with E-state index in [2.05, 4.69) is 15.9 Å². The number of hydrogen-bond donors (Lipinski definition) is 0. The van der Waals surface area contributed by atoms with E-state index in [1.807, 2.05) is 13.8 Å². The summed E-state index contributed by atoms with van der Waals surface area (Å²) in [7, 11) is 0. The zero-order valence-electron chi connectivity index (χ0n) is 13.5. The maximum Gasteiger partial charge on any atom is 0.328 e. The first-order valence-corrected chi connectivity index (χ1v) is 8.30. The highest BCUT2D eigenvalue weighted by atomic mass is 79.9. The van der Waals surface area contributed by atoms with Crippen LogP contribution in [0.15, 0.2) is 28.7 Å². The molecule has 0 amide bonds. The maximum absolute atomic E-state index is 12.5. The van der Waals surface area contributed by atoms with E-state index in [1.54, 1.807) is 38.1 Å². The predicted molar refractivity (Wildman–Crippen MR) is 88.6 cm³/mol. The summed E-state index contributed by atoms with van der Waals surface area (Å²) in [6.07, 6.45) is 0.686. The number of carbonyl (C=O) groups is 2.